The normalized spacial score (nSPS) is 17.4. The van der Waals surface area contributed by atoms with Gasteiger partial charge in [0, 0.05) is 25.2 Å². The van der Waals surface area contributed by atoms with E-state index in [-0.39, 0.29) is 5.91 Å². The molecule has 2 N–H and O–H groups in total. The molecule has 19 heavy (non-hydrogen) atoms. The van der Waals surface area contributed by atoms with Gasteiger partial charge < -0.3 is 15.5 Å². The van der Waals surface area contributed by atoms with E-state index in [1.54, 1.807) is 0 Å². The van der Waals surface area contributed by atoms with Crippen LogP contribution >= 0.6 is 0 Å². The van der Waals surface area contributed by atoms with E-state index in [2.05, 4.69) is 11.9 Å². The number of amides is 1. The Morgan fingerprint density at radius 1 is 1.37 bits per heavy atom. The summed E-state index contributed by atoms with van der Waals surface area (Å²) in [4.78, 5) is 16.8. The number of piperidine rings is 1. The highest BCUT2D eigenvalue weighted by Gasteiger charge is 2.25. The summed E-state index contributed by atoms with van der Waals surface area (Å²) in [5.41, 5.74) is 7.37. The smallest absolute Gasteiger partial charge is 0.254 e. The van der Waals surface area contributed by atoms with Crippen LogP contribution in [0.4, 0.5) is 0 Å². The zero-order valence-corrected chi connectivity index (χ0v) is 11.8. The van der Waals surface area contributed by atoms with E-state index in [4.69, 9.17) is 5.73 Å². The molecule has 1 amide bonds. The highest BCUT2D eigenvalue weighted by molar-refractivity contribution is 5.95. The number of hydrogen-bond acceptors (Lipinski definition) is 3. The average Bonchev–Trinajstić information content (AvgIpc) is 2.46. The van der Waals surface area contributed by atoms with Gasteiger partial charge in [-0.3, -0.25) is 4.79 Å². The fourth-order valence-corrected chi connectivity index (χ4v) is 2.65. The van der Waals surface area contributed by atoms with Gasteiger partial charge in [-0.05, 0) is 44.6 Å². The van der Waals surface area contributed by atoms with E-state index in [0.29, 0.717) is 12.6 Å². The number of nitrogens with zero attached hydrogens (tertiary/aromatic N) is 2. The predicted octanol–water partition coefficient (Wildman–Crippen LogP) is 1.31. The van der Waals surface area contributed by atoms with Crippen LogP contribution in [-0.4, -0.2) is 48.9 Å². The van der Waals surface area contributed by atoms with Gasteiger partial charge in [0.2, 0.25) is 0 Å². The minimum Gasteiger partial charge on any atom is -0.339 e. The predicted molar refractivity (Wildman–Crippen MR) is 76.9 cm³/mol. The molecule has 4 nitrogen and oxygen atoms in total. The minimum absolute atomic E-state index is 0.0932. The maximum Gasteiger partial charge on any atom is 0.254 e. The first-order chi connectivity index (χ1) is 9.13. The Hall–Kier alpha value is -1.39. The van der Waals surface area contributed by atoms with Crippen LogP contribution in [0.25, 0.3) is 0 Å². The van der Waals surface area contributed by atoms with Gasteiger partial charge in [-0.2, -0.15) is 0 Å². The van der Waals surface area contributed by atoms with E-state index >= 15 is 0 Å². The molecule has 104 valence electrons. The van der Waals surface area contributed by atoms with Crippen LogP contribution in [0.15, 0.2) is 24.3 Å². The molecule has 1 fully saturated rings. The summed E-state index contributed by atoms with van der Waals surface area (Å²) >= 11 is 0. The van der Waals surface area contributed by atoms with Crippen molar-refractivity contribution in [1.82, 2.24) is 9.80 Å². The fraction of sp³-hybridized carbons (Fsp3) is 0.533. The van der Waals surface area contributed by atoms with Gasteiger partial charge in [0.15, 0.2) is 0 Å². The Morgan fingerprint density at radius 2 is 2.00 bits per heavy atom. The number of likely N-dealkylation sites (tertiary alicyclic amines) is 1. The molecule has 0 aliphatic carbocycles. The maximum absolute atomic E-state index is 12.6. The van der Waals surface area contributed by atoms with Crippen LogP contribution in [-0.2, 0) is 6.54 Å². The summed E-state index contributed by atoms with van der Waals surface area (Å²) in [5, 5.41) is 0. The van der Waals surface area contributed by atoms with Crippen molar-refractivity contribution in [3.8, 4) is 0 Å². The van der Waals surface area contributed by atoms with Crippen molar-refractivity contribution in [2.75, 3.05) is 27.2 Å². The van der Waals surface area contributed by atoms with Gasteiger partial charge in [-0.15, -0.1) is 0 Å². The minimum atomic E-state index is 0.0932. The molecule has 0 unspecified atom stereocenters. The van der Waals surface area contributed by atoms with Gasteiger partial charge in [0.05, 0.1) is 0 Å². The van der Waals surface area contributed by atoms with Gasteiger partial charge in [0.1, 0.15) is 0 Å². The fourth-order valence-electron chi connectivity index (χ4n) is 2.65. The SMILES string of the molecule is CN1CCC(N(C)C(=O)c2ccccc2CN)CC1. The molecule has 0 saturated carbocycles. The molecule has 0 bridgehead atoms. The van der Waals surface area contributed by atoms with E-state index in [0.717, 1.165) is 37.1 Å². The lowest BCUT2D eigenvalue weighted by molar-refractivity contribution is 0.0658. The summed E-state index contributed by atoms with van der Waals surface area (Å²) in [7, 11) is 4.04. The molecule has 2 rings (SSSR count). The van der Waals surface area contributed by atoms with Crippen LogP contribution in [0.1, 0.15) is 28.8 Å². The zero-order valence-electron chi connectivity index (χ0n) is 11.8. The highest BCUT2D eigenvalue weighted by Crippen LogP contribution is 2.18. The third-order valence-corrected chi connectivity index (χ3v) is 4.02. The molecule has 1 heterocycles. The van der Waals surface area contributed by atoms with Gasteiger partial charge in [-0.1, -0.05) is 18.2 Å². The van der Waals surface area contributed by atoms with Crippen molar-refractivity contribution in [1.29, 1.82) is 0 Å². The molecule has 0 radical (unpaired) electrons. The number of nitrogens with two attached hydrogens (primary N) is 1. The van der Waals surface area contributed by atoms with Crippen molar-refractivity contribution in [2.45, 2.75) is 25.4 Å². The van der Waals surface area contributed by atoms with Crippen molar-refractivity contribution in [3.63, 3.8) is 0 Å². The summed E-state index contributed by atoms with van der Waals surface area (Å²) in [5.74, 6) is 0.0932. The Kier molecular flexibility index (Phi) is 4.56. The third kappa shape index (κ3) is 3.14. The van der Waals surface area contributed by atoms with Crippen molar-refractivity contribution >= 4 is 5.91 Å². The standard InChI is InChI=1S/C15H23N3O/c1-17-9-7-13(8-10-17)18(2)15(19)14-6-4-3-5-12(14)11-16/h3-6,13H,7-11,16H2,1-2H3. The molecular formula is C15H23N3O. The summed E-state index contributed by atoms with van der Waals surface area (Å²) in [6.45, 7) is 2.52. The Balaban J connectivity index is 2.10. The average molecular weight is 261 g/mol. The largest absolute Gasteiger partial charge is 0.339 e. The van der Waals surface area contributed by atoms with Crippen LogP contribution in [0, 0.1) is 0 Å². The first kappa shape index (κ1) is 14.0. The molecule has 0 atom stereocenters. The molecular weight excluding hydrogens is 238 g/mol. The monoisotopic (exact) mass is 261 g/mol. The molecule has 1 aliphatic rings. The Labute approximate surface area is 115 Å². The van der Waals surface area contributed by atoms with Crippen LogP contribution in [0.3, 0.4) is 0 Å². The van der Waals surface area contributed by atoms with Crippen LogP contribution in [0.2, 0.25) is 0 Å². The topological polar surface area (TPSA) is 49.6 Å². The summed E-state index contributed by atoms with van der Waals surface area (Å²) in [6, 6.07) is 7.96. The highest BCUT2D eigenvalue weighted by atomic mass is 16.2. The number of rotatable bonds is 3. The van der Waals surface area contributed by atoms with Crippen molar-refractivity contribution in [2.24, 2.45) is 5.73 Å². The van der Waals surface area contributed by atoms with Crippen LogP contribution in [0.5, 0.6) is 0 Å². The zero-order chi connectivity index (χ0) is 13.8. The third-order valence-electron chi connectivity index (χ3n) is 4.02. The molecule has 1 aromatic rings. The quantitative estimate of drug-likeness (QED) is 0.892. The lowest BCUT2D eigenvalue weighted by Gasteiger charge is -2.35. The number of carbonyl (C=O) groups excluding carboxylic acids is 1. The molecule has 1 aromatic carbocycles. The lowest BCUT2D eigenvalue weighted by Crippen LogP contribution is -2.44. The van der Waals surface area contributed by atoms with Crippen LogP contribution < -0.4 is 5.73 Å². The first-order valence-corrected chi connectivity index (χ1v) is 6.87. The van der Waals surface area contributed by atoms with E-state index in [1.807, 2.05) is 36.2 Å². The van der Waals surface area contributed by atoms with E-state index in [1.165, 1.54) is 0 Å². The first-order valence-electron chi connectivity index (χ1n) is 6.87. The maximum atomic E-state index is 12.6. The van der Waals surface area contributed by atoms with Gasteiger partial charge in [0.25, 0.3) is 5.91 Å². The van der Waals surface area contributed by atoms with Crippen molar-refractivity contribution in [3.05, 3.63) is 35.4 Å². The van der Waals surface area contributed by atoms with Crippen molar-refractivity contribution < 1.29 is 4.79 Å². The second-order valence-electron chi connectivity index (χ2n) is 5.31. The Bertz CT molecular complexity index is 439. The van der Waals surface area contributed by atoms with E-state index in [9.17, 15) is 4.79 Å². The molecule has 1 aliphatic heterocycles. The Morgan fingerprint density at radius 3 is 2.63 bits per heavy atom. The number of carbonyl (C=O) groups is 1. The number of hydrogen-bond donors (Lipinski definition) is 1. The molecule has 1 saturated heterocycles. The molecule has 0 aromatic heterocycles. The van der Waals surface area contributed by atoms with Gasteiger partial charge >= 0.3 is 0 Å². The molecule has 4 heteroatoms. The van der Waals surface area contributed by atoms with Gasteiger partial charge in [-0.25, -0.2) is 0 Å². The summed E-state index contributed by atoms with van der Waals surface area (Å²) < 4.78 is 0. The molecule has 0 spiro atoms. The second-order valence-corrected chi connectivity index (χ2v) is 5.31. The second kappa shape index (κ2) is 6.17. The van der Waals surface area contributed by atoms with E-state index < -0.39 is 0 Å². The summed E-state index contributed by atoms with van der Waals surface area (Å²) in [6.07, 6.45) is 2.09. The number of benzene rings is 1. The lowest BCUT2D eigenvalue weighted by atomic mass is 10.0.